The van der Waals surface area contributed by atoms with Crippen molar-refractivity contribution in [2.45, 2.75) is 19.9 Å². The van der Waals surface area contributed by atoms with Crippen molar-refractivity contribution in [2.75, 3.05) is 6.61 Å². The average Bonchev–Trinajstić information content (AvgIpc) is 2.60. The van der Waals surface area contributed by atoms with Crippen molar-refractivity contribution >= 4 is 12.2 Å². The van der Waals surface area contributed by atoms with Gasteiger partial charge >= 0.3 is 5.97 Å². The van der Waals surface area contributed by atoms with Gasteiger partial charge in [0.15, 0.2) is 0 Å². The van der Waals surface area contributed by atoms with Crippen molar-refractivity contribution in [1.29, 1.82) is 0 Å². The molecule has 0 atom stereocenters. The van der Waals surface area contributed by atoms with Crippen LogP contribution in [0.25, 0.3) is 0 Å². The maximum atomic E-state index is 10.1. The van der Waals surface area contributed by atoms with Crippen molar-refractivity contribution in [3.05, 3.63) is 18.2 Å². The molecular formula is C9H13N3O3. The highest BCUT2D eigenvalue weighted by Crippen LogP contribution is 2.06. The van der Waals surface area contributed by atoms with Crippen molar-refractivity contribution in [3.8, 4) is 0 Å². The fourth-order valence-electron chi connectivity index (χ4n) is 1.03. The summed E-state index contributed by atoms with van der Waals surface area (Å²) in [5.41, 5.74) is 0.774. The van der Waals surface area contributed by atoms with Crippen LogP contribution in [0.4, 0.5) is 0 Å². The zero-order valence-corrected chi connectivity index (χ0v) is 8.62. The number of carboxylic acids is 1. The van der Waals surface area contributed by atoms with Crippen LogP contribution >= 0.6 is 0 Å². The van der Waals surface area contributed by atoms with Gasteiger partial charge in [0.2, 0.25) is 6.61 Å². The quantitative estimate of drug-likeness (QED) is 0.579. The van der Waals surface area contributed by atoms with Crippen LogP contribution in [-0.2, 0) is 9.63 Å². The SMILES string of the molecule is CC(C)n1cncc1C=NOCC(=O)O. The summed E-state index contributed by atoms with van der Waals surface area (Å²) >= 11 is 0. The lowest BCUT2D eigenvalue weighted by molar-refractivity contribution is -0.142. The zero-order chi connectivity index (χ0) is 11.3. The minimum Gasteiger partial charge on any atom is -0.479 e. The number of hydrogen-bond donors (Lipinski definition) is 1. The van der Waals surface area contributed by atoms with E-state index < -0.39 is 12.6 Å². The standard InChI is InChI=1S/C9H13N3O3/c1-7(2)12-6-10-3-8(12)4-11-15-5-9(13)14/h3-4,6-7H,5H2,1-2H3,(H,13,14). The van der Waals surface area contributed by atoms with E-state index in [0.29, 0.717) is 0 Å². The summed E-state index contributed by atoms with van der Waals surface area (Å²) in [5.74, 6) is -1.05. The molecule has 0 saturated carbocycles. The van der Waals surface area contributed by atoms with Gasteiger partial charge in [-0.2, -0.15) is 0 Å². The lowest BCUT2D eigenvalue weighted by atomic mass is 10.3. The largest absolute Gasteiger partial charge is 0.479 e. The van der Waals surface area contributed by atoms with Gasteiger partial charge in [-0.05, 0) is 13.8 Å². The molecule has 0 aliphatic heterocycles. The minimum absolute atomic E-state index is 0.272. The summed E-state index contributed by atoms with van der Waals surface area (Å²) in [4.78, 5) is 18.6. The molecule has 1 aromatic rings. The van der Waals surface area contributed by atoms with E-state index in [0.717, 1.165) is 5.69 Å². The van der Waals surface area contributed by atoms with Gasteiger partial charge in [0.1, 0.15) is 0 Å². The predicted octanol–water partition coefficient (Wildman–Crippen LogP) is 0.899. The molecular weight excluding hydrogens is 198 g/mol. The lowest BCUT2D eigenvalue weighted by Gasteiger charge is -2.07. The van der Waals surface area contributed by atoms with E-state index in [1.807, 2.05) is 18.4 Å². The minimum atomic E-state index is -1.05. The molecule has 1 heterocycles. The number of carbonyl (C=O) groups is 1. The highest BCUT2D eigenvalue weighted by Gasteiger charge is 2.02. The number of nitrogens with zero attached hydrogens (tertiary/aromatic N) is 3. The number of carboxylic acid groups (broad SMARTS) is 1. The first-order chi connectivity index (χ1) is 7.11. The molecule has 6 heteroatoms. The Balaban J connectivity index is 2.56. The fourth-order valence-corrected chi connectivity index (χ4v) is 1.03. The molecule has 0 unspecified atom stereocenters. The Morgan fingerprint density at radius 2 is 2.53 bits per heavy atom. The highest BCUT2D eigenvalue weighted by molar-refractivity contribution is 5.76. The average molecular weight is 211 g/mol. The predicted molar refractivity (Wildman–Crippen MR) is 53.8 cm³/mol. The molecule has 0 aliphatic rings. The van der Waals surface area contributed by atoms with E-state index in [1.54, 1.807) is 12.5 Å². The van der Waals surface area contributed by atoms with E-state index in [1.165, 1.54) is 6.21 Å². The van der Waals surface area contributed by atoms with Gasteiger partial charge in [-0.15, -0.1) is 0 Å². The Bertz CT molecular complexity index is 357. The van der Waals surface area contributed by atoms with Crippen molar-refractivity contribution in [1.82, 2.24) is 9.55 Å². The fraction of sp³-hybridized carbons (Fsp3) is 0.444. The van der Waals surface area contributed by atoms with Crippen LogP contribution in [0.5, 0.6) is 0 Å². The summed E-state index contributed by atoms with van der Waals surface area (Å²) < 4.78 is 1.90. The van der Waals surface area contributed by atoms with E-state index in [4.69, 9.17) is 5.11 Å². The van der Waals surface area contributed by atoms with Crippen LogP contribution in [0, 0.1) is 0 Å². The van der Waals surface area contributed by atoms with Crippen LogP contribution in [0.3, 0.4) is 0 Å². The highest BCUT2D eigenvalue weighted by atomic mass is 16.6. The molecule has 6 nitrogen and oxygen atoms in total. The summed E-state index contributed by atoms with van der Waals surface area (Å²) in [6.45, 7) is 3.58. The second-order valence-electron chi connectivity index (χ2n) is 3.22. The van der Waals surface area contributed by atoms with Gasteiger partial charge < -0.3 is 14.5 Å². The third-order valence-electron chi connectivity index (χ3n) is 1.70. The Morgan fingerprint density at radius 1 is 1.80 bits per heavy atom. The topological polar surface area (TPSA) is 76.7 Å². The molecule has 1 N–H and O–H groups in total. The van der Waals surface area contributed by atoms with Crippen molar-refractivity contribution < 1.29 is 14.7 Å². The summed E-state index contributed by atoms with van der Waals surface area (Å²) in [6, 6.07) is 0.272. The van der Waals surface area contributed by atoms with Gasteiger partial charge in [-0.1, -0.05) is 5.16 Å². The molecule has 0 fully saturated rings. The zero-order valence-electron chi connectivity index (χ0n) is 8.62. The van der Waals surface area contributed by atoms with E-state index >= 15 is 0 Å². The molecule has 15 heavy (non-hydrogen) atoms. The third-order valence-corrected chi connectivity index (χ3v) is 1.70. The van der Waals surface area contributed by atoms with E-state index in [9.17, 15) is 4.79 Å². The molecule has 0 amide bonds. The van der Waals surface area contributed by atoms with Gasteiger partial charge in [0, 0.05) is 6.04 Å². The Morgan fingerprint density at radius 3 is 3.13 bits per heavy atom. The van der Waals surface area contributed by atoms with Crippen LogP contribution in [-0.4, -0.2) is 33.4 Å². The maximum Gasteiger partial charge on any atom is 0.344 e. The second-order valence-corrected chi connectivity index (χ2v) is 3.22. The Hall–Kier alpha value is -1.85. The first-order valence-electron chi connectivity index (χ1n) is 4.50. The van der Waals surface area contributed by atoms with Gasteiger partial charge in [0.25, 0.3) is 0 Å². The maximum absolute atomic E-state index is 10.1. The first-order valence-corrected chi connectivity index (χ1v) is 4.50. The summed E-state index contributed by atoms with van der Waals surface area (Å²) in [5, 5.41) is 11.8. The first kappa shape index (κ1) is 11.2. The van der Waals surface area contributed by atoms with Crippen LogP contribution in [0.1, 0.15) is 25.6 Å². The molecule has 0 aromatic carbocycles. The van der Waals surface area contributed by atoms with Crippen molar-refractivity contribution in [3.63, 3.8) is 0 Å². The van der Waals surface area contributed by atoms with Gasteiger partial charge in [-0.3, -0.25) is 0 Å². The normalized spacial score (nSPS) is 11.1. The molecule has 0 spiro atoms. The summed E-state index contributed by atoms with van der Waals surface area (Å²) in [7, 11) is 0. The Labute approximate surface area is 87.2 Å². The van der Waals surface area contributed by atoms with Gasteiger partial charge in [-0.25, -0.2) is 9.78 Å². The number of oxime groups is 1. The molecule has 0 aliphatic carbocycles. The number of rotatable bonds is 5. The van der Waals surface area contributed by atoms with Crippen molar-refractivity contribution in [2.24, 2.45) is 5.16 Å². The molecule has 0 bridgehead atoms. The van der Waals surface area contributed by atoms with Crippen LogP contribution in [0.15, 0.2) is 17.7 Å². The molecule has 1 rings (SSSR count). The number of imidazole rings is 1. The monoisotopic (exact) mass is 211 g/mol. The molecule has 0 radical (unpaired) electrons. The summed E-state index contributed by atoms with van der Waals surface area (Å²) in [6.07, 6.45) is 4.76. The van der Waals surface area contributed by atoms with E-state index in [-0.39, 0.29) is 6.04 Å². The van der Waals surface area contributed by atoms with Gasteiger partial charge in [0.05, 0.1) is 24.4 Å². The molecule has 1 aromatic heterocycles. The second kappa shape index (κ2) is 5.14. The molecule has 82 valence electrons. The number of aliphatic carboxylic acids is 1. The third kappa shape index (κ3) is 3.41. The van der Waals surface area contributed by atoms with Crippen LogP contribution in [0.2, 0.25) is 0 Å². The van der Waals surface area contributed by atoms with Crippen LogP contribution < -0.4 is 0 Å². The molecule has 0 saturated heterocycles. The van der Waals surface area contributed by atoms with E-state index in [2.05, 4.69) is 15.0 Å². The number of aromatic nitrogens is 2. The Kier molecular flexibility index (Phi) is 3.84. The lowest BCUT2D eigenvalue weighted by Crippen LogP contribution is -2.05. The smallest absolute Gasteiger partial charge is 0.344 e. The number of hydrogen-bond acceptors (Lipinski definition) is 4.